The van der Waals surface area contributed by atoms with Crippen LogP contribution in [0.4, 0.5) is 13.2 Å². The Morgan fingerprint density at radius 2 is 1.76 bits per heavy atom. The third-order valence-corrected chi connectivity index (χ3v) is 4.10. The number of hydrogen-bond donors (Lipinski definition) is 0. The van der Waals surface area contributed by atoms with E-state index in [0.29, 0.717) is 23.6 Å². The summed E-state index contributed by atoms with van der Waals surface area (Å²) in [6.07, 6.45) is -3.07. The second-order valence-corrected chi connectivity index (χ2v) is 5.99. The van der Waals surface area contributed by atoms with Crippen LogP contribution in [0.15, 0.2) is 48.5 Å². The lowest BCUT2D eigenvalue weighted by Gasteiger charge is -2.37. The van der Waals surface area contributed by atoms with Crippen molar-refractivity contribution in [1.29, 1.82) is 0 Å². The van der Waals surface area contributed by atoms with Crippen molar-refractivity contribution in [3.8, 4) is 5.75 Å². The van der Waals surface area contributed by atoms with Gasteiger partial charge in [0.05, 0.1) is 5.97 Å². The van der Waals surface area contributed by atoms with Crippen molar-refractivity contribution in [1.82, 2.24) is 0 Å². The summed E-state index contributed by atoms with van der Waals surface area (Å²) in [5.74, 6) is -2.47. The minimum Gasteiger partial charge on any atom is -0.545 e. The van der Waals surface area contributed by atoms with Crippen molar-refractivity contribution in [2.24, 2.45) is 0 Å². The fraction of sp³-hybridized carbons (Fsp3) is 0.211. The zero-order valence-electron chi connectivity index (χ0n) is 13.3. The van der Waals surface area contributed by atoms with Gasteiger partial charge in [-0.2, -0.15) is 13.2 Å². The average Bonchev–Trinajstić information content (AvgIpc) is 2.55. The van der Waals surface area contributed by atoms with E-state index in [-0.39, 0.29) is 5.75 Å². The van der Waals surface area contributed by atoms with Gasteiger partial charge in [-0.15, -0.1) is 0 Å². The van der Waals surface area contributed by atoms with Crippen molar-refractivity contribution in [2.75, 3.05) is 0 Å². The molecule has 0 aromatic heterocycles. The maximum absolute atomic E-state index is 13.2. The van der Waals surface area contributed by atoms with Crippen molar-refractivity contribution >= 4 is 12.0 Å². The first-order valence-electron chi connectivity index (χ1n) is 7.56. The number of aliphatic carboxylic acids is 1. The normalized spacial score (nSPS) is 19.2. The first-order chi connectivity index (χ1) is 11.7. The minimum atomic E-state index is -5.13. The van der Waals surface area contributed by atoms with Crippen LogP contribution < -0.4 is 9.84 Å². The molecule has 25 heavy (non-hydrogen) atoms. The summed E-state index contributed by atoms with van der Waals surface area (Å²) in [7, 11) is 0. The third-order valence-electron chi connectivity index (χ3n) is 4.10. The Bertz CT molecular complexity index is 838. The SMILES string of the molecule is Cc1ccc(Cc2ccc3c(c2)OC(C(=O)[O-])(C(F)(F)F)C=C3)cc1. The van der Waals surface area contributed by atoms with Crippen LogP contribution in [-0.2, 0) is 11.2 Å². The second-order valence-electron chi connectivity index (χ2n) is 5.99. The van der Waals surface area contributed by atoms with E-state index >= 15 is 0 Å². The lowest BCUT2D eigenvalue weighted by Crippen LogP contribution is -2.61. The Labute approximate surface area is 142 Å². The van der Waals surface area contributed by atoms with Gasteiger partial charge in [0, 0.05) is 5.56 Å². The zero-order valence-corrected chi connectivity index (χ0v) is 13.3. The van der Waals surface area contributed by atoms with Crippen LogP contribution >= 0.6 is 0 Å². The molecule has 0 saturated heterocycles. The molecule has 1 atom stereocenters. The molecule has 3 nitrogen and oxygen atoms in total. The van der Waals surface area contributed by atoms with Crippen LogP contribution in [0, 0.1) is 6.92 Å². The standard InChI is InChI=1S/C19H15F3O3/c1-12-2-4-13(5-3-12)10-14-6-7-15-8-9-18(17(23)24,19(20,21)22)25-16(15)11-14/h2-9,11H,10H2,1H3,(H,23,24)/p-1. The maximum Gasteiger partial charge on any atom is 0.437 e. The average molecular weight is 347 g/mol. The van der Waals surface area contributed by atoms with Crippen LogP contribution in [-0.4, -0.2) is 17.7 Å². The Balaban J connectivity index is 1.93. The molecular weight excluding hydrogens is 333 g/mol. The largest absolute Gasteiger partial charge is 0.545 e. The number of carbonyl (C=O) groups excluding carboxylic acids is 1. The molecule has 1 aliphatic rings. The summed E-state index contributed by atoms with van der Waals surface area (Å²) in [6.45, 7) is 1.96. The molecule has 0 fully saturated rings. The molecule has 1 heterocycles. The van der Waals surface area contributed by atoms with Gasteiger partial charge in [0.1, 0.15) is 5.75 Å². The highest BCUT2D eigenvalue weighted by molar-refractivity contribution is 5.83. The van der Waals surface area contributed by atoms with Crippen LogP contribution in [0.3, 0.4) is 0 Å². The number of rotatable bonds is 3. The van der Waals surface area contributed by atoms with Gasteiger partial charge < -0.3 is 14.6 Å². The van der Waals surface area contributed by atoms with Crippen LogP contribution in [0.5, 0.6) is 5.75 Å². The van der Waals surface area contributed by atoms with E-state index in [1.54, 1.807) is 12.1 Å². The Hall–Kier alpha value is -2.76. The number of carbonyl (C=O) groups is 1. The van der Waals surface area contributed by atoms with Crippen LogP contribution in [0.2, 0.25) is 0 Å². The Kier molecular flexibility index (Phi) is 4.06. The number of hydrogen-bond acceptors (Lipinski definition) is 3. The third kappa shape index (κ3) is 3.12. The molecule has 1 unspecified atom stereocenters. The first-order valence-corrected chi connectivity index (χ1v) is 7.56. The molecule has 0 saturated carbocycles. The second kappa shape index (κ2) is 5.95. The van der Waals surface area contributed by atoms with Crippen LogP contribution in [0.1, 0.15) is 22.3 Å². The number of fused-ring (bicyclic) bond motifs is 1. The van der Waals surface area contributed by atoms with E-state index in [2.05, 4.69) is 0 Å². The highest BCUT2D eigenvalue weighted by Gasteiger charge is 2.58. The molecule has 2 aromatic carbocycles. The van der Waals surface area contributed by atoms with Crippen molar-refractivity contribution < 1.29 is 27.8 Å². The lowest BCUT2D eigenvalue weighted by molar-refractivity contribution is -0.342. The van der Waals surface area contributed by atoms with Gasteiger partial charge in [0.15, 0.2) is 0 Å². The van der Waals surface area contributed by atoms with E-state index in [4.69, 9.17) is 4.74 Å². The quantitative estimate of drug-likeness (QED) is 0.858. The summed E-state index contributed by atoms with van der Waals surface area (Å²) in [4.78, 5) is 11.1. The van der Waals surface area contributed by atoms with Gasteiger partial charge >= 0.3 is 6.18 Å². The topological polar surface area (TPSA) is 49.4 Å². The van der Waals surface area contributed by atoms with Crippen molar-refractivity contribution in [3.05, 3.63) is 70.8 Å². The van der Waals surface area contributed by atoms with Crippen molar-refractivity contribution in [3.63, 3.8) is 0 Å². The molecule has 6 heteroatoms. The molecule has 130 valence electrons. The van der Waals surface area contributed by atoms with Gasteiger partial charge in [-0.1, -0.05) is 48.0 Å². The molecule has 0 spiro atoms. The molecule has 0 bridgehead atoms. The Morgan fingerprint density at radius 1 is 1.12 bits per heavy atom. The summed E-state index contributed by atoms with van der Waals surface area (Å²) in [6, 6.07) is 12.5. The van der Waals surface area contributed by atoms with Gasteiger partial charge in [-0.3, -0.25) is 0 Å². The minimum absolute atomic E-state index is 0.131. The number of ether oxygens (including phenoxy) is 1. The molecule has 2 aromatic rings. The van der Waals surface area contributed by atoms with Gasteiger partial charge in [0.25, 0.3) is 5.60 Å². The Morgan fingerprint density at radius 3 is 2.36 bits per heavy atom. The van der Waals surface area contributed by atoms with E-state index in [1.165, 1.54) is 6.07 Å². The van der Waals surface area contributed by atoms with Gasteiger partial charge in [-0.05, 0) is 36.6 Å². The van der Waals surface area contributed by atoms with Gasteiger partial charge in [0.2, 0.25) is 0 Å². The monoisotopic (exact) mass is 347 g/mol. The predicted octanol–water partition coefficient (Wildman–Crippen LogP) is 3.04. The number of halogens is 3. The maximum atomic E-state index is 13.2. The molecule has 0 amide bonds. The fourth-order valence-corrected chi connectivity index (χ4v) is 2.65. The molecule has 3 rings (SSSR count). The molecular formula is C19H14F3O3-. The number of benzene rings is 2. The lowest BCUT2D eigenvalue weighted by atomic mass is 9.95. The van der Waals surface area contributed by atoms with E-state index in [1.807, 2.05) is 31.2 Å². The highest BCUT2D eigenvalue weighted by Crippen LogP contribution is 2.41. The summed E-state index contributed by atoms with van der Waals surface area (Å²) < 4.78 is 44.6. The zero-order chi connectivity index (χ0) is 18.2. The molecule has 1 aliphatic heterocycles. The van der Waals surface area contributed by atoms with E-state index < -0.39 is 17.7 Å². The number of alkyl halides is 3. The number of carboxylic acid groups (broad SMARTS) is 1. The molecule has 0 aliphatic carbocycles. The predicted molar refractivity (Wildman–Crippen MR) is 83.9 cm³/mol. The number of carboxylic acids is 1. The number of aryl methyl sites for hydroxylation is 1. The molecule has 0 radical (unpaired) electrons. The van der Waals surface area contributed by atoms with E-state index in [0.717, 1.165) is 17.2 Å². The summed E-state index contributed by atoms with van der Waals surface area (Å²) in [5, 5.41) is 11.1. The fourth-order valence-electron chi connectivity index (χ4n) is 2.65. The smallest absolute Gasteiger partial charge is 0.437 e. The summed E-state index contributed by atoms with van der Waals surface area (Å²) in [5.41, 5.74) is -0.283. The van der Waals surface area contributed by atoms with E-state index in [9.17, 15) is 23.1 Å². The van der Waals surface area contributed by atoms with Crippen LogP contribution in [0.25, 0.3) is 6.08 Å². The van der Waals surface area contributed by atoms with Gasteiger partial charge in [-0.25, -0.2) is 0 Å². The summed E-state index contributed by atoms with van der Waals surface area (Å²) >= 11 is 0. The highest BCUT2D eigenvalue weighted by atomic mass is 19.4. The van der Waals surface area contributed by atoms with Crippen molar-refractivity contribution in [2.45, 2.75) is 25.1 Å². The molecule has 0 N–H and O–H groups in total. The first kappa shape index (κ1) is 17.1.